The lowest BCUT2D eigenvalue weighted by Gasteiger charge is -2.06. The van der Waals surface area contributed by atoms with E-state index in [4.69, 9.17) is 0 Å². The Morgan fingerprint density at radius 1 is 0.963 bits per heavy atom. The van der Waals surface area contributed by atoms with Crippen molar-refractivity contribution in [3.63, 3.8) is 0 Å². The highest BCUT2D eigenvalue weighted by Gasteiger charge is 2.07. The predicted octanol–water partition coefficient (Wildman–Crippen LogP) is 5.18. The second-order valence-corrected chi connectivity index (χ2v) is 6.67. The minimum Gasteiger partial charge on any atom is -0.326 e. The van der Waals surface area contributed by atoms with Crippen LogP contribution in [0.3, 0.4) is 0 Å². The van der Waals surface area contributed by atoms with Gasteiger partial charge < -0.3 is 10.6 Å². The second-order valence-electron chi connectivity index (χ2n) is 5.72. The van der Waals surface area contributed by atoms with Crippen molar-refractivity contribution in [1.29, 1.82) is 0 Å². The topological polar surface area (TPSA) is 58.2 Å². The smallest absolute Gasteiger partial charge is 0.265 e. The van der Waals surface area contributed by atoms with Gasteiger partial charge in [-0.1, -0.05) is 30.4 Å². The summed E-state index contributed by atoms with van der Waals surface area (Å²) < 4.78 is 13.1. The number of hydrogen-bond donors (Lipinski definition) is 2. The Morgan fingerprint density at radius 2 is 1.70 bits per heavy atom. The Kier molecular flexibility index (Phi) is 6.12. The van der Waals surface area contributed by atoms with Crippen LogP contribution in [0.25, 0.3) is 6.08 Å². The first-order chi connectivity index (χ1) is 13.1. The first-order valence-electron chi connectivity index (χ1n) is 8.27. The first kappa shape index (κ1) is 18.5. The number of rotatable bonds is 6. The van der Waals surface area contributed by atoms with Gasteiger partial charge in [-0.15, -0.1) is 11.3 Å². The summed E-state index contributed by atoms with van der Waals surface area (Å²) in [5, 5.41) is 7.42. The molecule has 1 aromatic heterocycles. The van der Waals surface area contributed by atoms with Crippen molar-refractivity contribution in [1.82, 2.24) is 0 Å². The zero-order valence-corrected chi connectivity index (χ0v) is 15.1. The molecule has 0 aliphatic heterocycles. The molecule has 0 fully saturated rings. The molecule has 2 aromatic carbocycles. The zero-order chi connectivity index (χ0) is 19.1. The molecule has 6 heteroatoms. The molecule has 0 unspecified atom stereocenters. The average molecular weight is 380 g/mol. The molecule has 0 spiro atoms. The van der Waals surface area contributed by atoms with Crippen molar-refractivity contribution < 1.29 is 14.0 Å². The van der Waals surface area contributed by atoms with E-state index >= 15 is 0 Å². The molecular formula is C21H17FN2O2S. The van der Waals surface area contributed by atoms with Gasteiger partial charge in [0.15, 0.2) is 0 Å². The third-order valence-corrected chi connectivity index (χ3v) is 4.50. The van der Waals surface area contributed by atoms with Crippen LogP contribution in [0.5, 0.6) is 0 Å². The molecule has 0 radical (unpaired) electrons. The number of thiophene rings is 1. The van der Waals surface area contributed by atoms with Crippen LogP contribution in [0.15, 0.2) is 72.1 Å². The zero-order valence-electron chi connectivity index (χ0n) is 14.3. The van der Waals surface area contributed by atoms with E-state index in [1.807, 2.05) is 11.4 Å². The van der Waals surface area contributed by atoms with Crippen molar-refractivity contribution >= 4 is 40.6 Å². The van der Waals surface area contributed by atoms with E-state index in [9.17, 15) is 14.0 Å². The van der Waals surface area contributed by atoms with Gasteiger partial charge in [0.2, 0.25) is 5.91 Å². The number of halogens is 1. The van der Waals surface area contributed by atoms with Gasteiger partial charge >= 0.3 is 0 Å². The summed E-state index contributed by atoms with van der Waals surface area (Å²) in [4.78, 5) is 24.6. The maximum atomic E-state index is 13.1. The van der Waals surface area contributed by atoms with Crippen LogP contribution in [-0.4, -0.2) is 11.8 Å². The van der Waals surface area contributed by atoms with Gasteiger partial charge in [0.1, 0.15) is 5.82 Å². The summed E-state index contributed by atoms with van der Waals surface area (Å²) in [5.41, 5.74) is 1.99. The highest BCUT2D eigenvalue weighted by molar-refractivity contribution is 7.12. The van der Waals surface area contributed by atoms with Crippen molar-refractivity contribution in [2.24, 2.45) is 0 Å². The van der Waals surface area contributed by atoms with Crippen molar-refractivity contribution in [3.8, 4) is 0 Å². The summed E-state index contributed by atoms with van der Waals surface area (Å²) in [6.45, 7) is 0. The van der Waals surface area contributed by atoms with Crippen LogP contribution in [0, 0.1) is 5.82 Å². The molecular weight excluding hydrogens is 363 g/mol. The number of carbonyl (C=O) groups is 2. The van der Waals surface area contributed by atoms with Crippen LogP contribution in [-0.2, 0) is 4.79 Å². The molecule has 136 valence electrons. The molecule has 0 bridgehead atoms. The Labute approximate surface area is 160 Å². The lowest BCUT2D eigenvalue weighted by Crippen LogP contribution is -2.11. The molecule has 0 saturated heterocycles. The molecule has 3 rings (SSSR count). The Balaban J connectivity index is 1.50. The van der Waals surface area contributed by atoms with E-state index in [0.717, 1.165) is 0 Å². The number of benzene rings is 2. The Morgan fingerprint density at radius 3 is 2.37 bits per heavy atom. The number of hydrogen-bond acceptors (Lipinski definition) is 3. The summed E-state index contributed by atoms with van der Waals surface area (Å²) in [6, 6.07) is 16.6. The normalized spacial score (nSPS) is 10.7. The third kappa shape index (κ3) is 5.62. The summed E-state index contributed by atoms with van der Waals surface area (Å²) >= 11 is 1.37. The highest BCUT2D eigenvalue weighted by Crippen LogP contribution is 2.16. The van der Waals surface area contributed by atoms with Crippen molar-refractivity contribution in [2.75, 3.05) is 10.6 Å². The number of carbonyl (C=O) groups excluding carboxylic acids is 2. The molecule has 2 amide bonds. The van der Waals surface area contributed by atoms with Crippen LogP contribution in [0.4, 0.5) is 15.8 Å². The van der Waals surface area contributed by atoms with E-state index in [2.05, 4.69) is 10.6 Å². The van der Waals surface area contributed by atoms with Gasteiger partial charge in [-0.25, -0.2) is 4.39 Å². The fourth-order valence-corrected chi connectivity index (χ4v) is 2.98. The lowest BCUT2D eigenvalue weighted by molar-refractivity contribution is -0.115. The lowest BCUT2D eigenvalue weighted by atomic mass is 10.2. The van der Waals surface area contributed by atoms with Gasteiger partial charge in [0.25, 0.3) is 5.91 Å². The monoisotopic (exact) mass is 380 g/mol. The molecule has 0 saturated carbocycles. The van der Waals surface area contributed by atoms with Gasteiger partial charge in [-0.2, -0.15) is 0 Å². The molecule has 1 heterocycles. The van der Waals surface area contributed by atoms with Crippen molar-refractivity contribution in [3.05, 3.63) is 88.4 Å². The predicted molar refractivity (Wildman–Crippen MR) is 107 cm³/mol. The summed E-state index contributed by atoms with van der Waals surface area (Å²) in [6.07, 6.45) is 3.55. The van der Waals surface area contributed by atoms with Gasteiger partial charge in [0, 0.05) is 17.8 Å². The summed E-state index contributed by atoms with van der Waals surface area (Å²) in [7, 11) is 0. The Bertz CT molecular complexity index is 951. The maximum Gasteiger partial charge on any atom is 0.265 e. The number of anilines is 2. The second kappa shape index (κ2) is 8.91. The minimum absolute atomic E-state index is 0.163. The third-order valence-electron chi connectivity index (χ3n) is 3.63. The highest BCUT2D eigenvalue weighted by atomic mass is 32.1. The molecule has 0 aliphatic carbocycles. The van der Waals surface area contributed by atoms with E-state index < -0.39 is 0 Å². The van der Waals surface area contributed by atoms with Gasteiger partial charge in [-0.3, -0.25) is 9.59 Å². The fourth-order valence-electron chi connectivity index (χ4n) is 2.36. The van der Waals surface area contributed by atoms with Crippen molar-refractivity contribution in [2.45, 2.75) is 6.42 Å². The molecule has 3 aromatic rings. The van der Waals surface area contributed by atoms with Crippen LogP contribution in [0.2, 0.25) is 0 Å². The molecule has 2 N–H and O–H groups in total. The standard InChI is InChI=1S/C21H17FN2O2S/c22-16-6-1-4-15(14-16)5-2-8-20(25)23-17-9-11-18(12-10-17)24-21(26)19-7-3-13-27-19/h1-7,9-14H,8H2,(H,23,25)(H,24,26)/b5-2+. The van der Waals surface area contributed by atoms with E-state index in [1.165, 1.54) is 23.5 Å². The van der Waals surface area contributed by atoms with Gasteiger partial charge in [0.05, 0.1) is 4.88 Å². The van der Waals surface area contributed by atoms with E-state index in [1.54, 1.807) is 54.6 Å². The first-order valence-corrected chi connectivity index (χ1v) is 9.15. The minimum atomic E-state index is -0.312. The van der Waals surface area contributed by atoms with Gasteiger partial charge in [-0.05, 0) is 53.4 Å². The summed E-state index contributed by atoms with van der Waals surface area (Å²) in [5.74, 6) is -0.657. The largest absolute Gasteiger partial charge is 0.326 e. The van der Waals surface area contributed by atoms with E-state index in [-0.39, 0.29) is 24.1 Å². The quantitative estimate of drug-likeness (QED) is 0.619. The van der Waals surface area contributed by atoms with Crippen LogP contribution < -0.4 is 10.6 Å². The SMILES string of the molecule is O=C(C/C=C/c1cccc(F)c1)Nc1ccc(NC(=O)c2cccs2)cc1. The number of amides is 2. The average Bonchev–Trinajstić information content (AvgIpc) is 3.18. The Hall–Kier alpha value is -3.25. The molecule has 27 heavy (non-hydrogen) atoms. The maximum absolute atomic E-state index is 13.1. The van der Waals surface area contributed by atoms with E-state index in [0.29, 0.717) is 21.8 Å². The van der Waals surface area contributed by atoms with Crippen LogP contribution >= 0.6 is 11.3 Å². The number of nitrogens with one attached hydrogen (secondary N) is 2. The molecule has 0 aliphatic rings. The molecule has 4 nitrogen and oxygen atoms in total. The van der Waals surface area contributed by atoms with Crippen LogP contribution in [0.1, 0.15) is 21.7 Å². The molecule has 0 atom stereocenters. The fraction of sp³-hybridized carbons (Fsp3) is 0.0476.